The summed E-state index contributed by atoms with van der Waals surface area (Å²) in [6.07, 6.45) is 0. The van der Waals surface area contributed by atoms with E-state index in [1.165, 1.54) is 25.3 Å². The number of carbonyl (C=O) groups is 1. The number of likely N-dealkylation sites (N-methyl/N-ethyl adjacent to an activating group) is 1. The Kier molecular flexibility index (Phi) is 6.94. The van der Waals surface area contributed by atoms with Gasteiger partial charge in [-0.1, -0.05) is 11.6 Å². The number of quaternary nitrogens is 1. The van der Waals surface area contributed by atoms with Crippen LogP contribution in [0.1, 0.15) is 19.4 Å². The third-order valence-electron chi connectivity index (χ3n) is 4.30. The van der Waals surface area contributed by atoms with Crippen molar-refractivity contribution in [3.8, 4) is 5.75 Å². The third kappa shape index (κ3) is 4.93. The fourth-order valence-electron chi connectivity index (χ4n) is 2.68. The molecule has 0 heterocycles. The predicted octanol–water partition coefficient (Wildman–Crippen LogP) is 3.06. The van der Waals surface area contributed by atoms with Gasteiger partial charge in [-0.15, -0.1) is 0 Å². The average Bonchev–Trinajstić information content (AvgIpc) is 2.61. The highest BCUT2D eigenvalue weighted by molar-refractivity contribution is 6.33. The van der Waals surface area contributed by atoms with Gasteiger partial charge in [-0.3, -0.25) is 4.79 Å². The maximum Gasteiger partial charge on any atom is 0.282 e. The molecule has 0 radical (unpaired) electrons. The fraction of sp³-hybridized carbons (Fsp3) is 0.316. The average molecular weight is 384 g/mol. The molecule has 1 unspecified atom stereocenters. The summed E-state index contributed by atoms with van der Waals surface area (Å²) in [5.74, 6) is -0.966. The molecule has 0 saturated carbocycles. The van der Waals surface area contributed by atoms with Crippen molar-refractivity contribution in [3.63, 3.8) is 0 Å². The minimum absolute atomic E-state index is 0.140. The van der Waals surface area contributed by atoms with Gasteiger partial charge in [0.05, 0.1) is 24.4 Å². The summed E-state index contributed by atoms with van der Waals surface area (Å²) < 4.78 is 31.9. The first-order valence-corrected chi connectivity index (χ1v) is 8.66. The van der Waals surface area contributed by atoms with Crippen LogP contribution < -0.4 is 15.0 Å². The van der Waals surface area contributed by atoms with Crippen LogP contribution in [-0.2, 0) is 11.3 Å². The highest BCUT2D eigenvalue weighted by Gasteiger charge is 2.25. The summed E-state index contributed by atoms with van der Waals surface area (Å²) in [5, 5.41) is 2.85. The van der Waals surface area contributed by atoms with Crippen LogP contribution in [0, 0.1) is 11.6 Å². The lowest BCUT2D eigenvalue weighted by molar-refractivity contribution is -0.925. The van der Waals surface area contributed by atoms with E-state index in [1.54, 1.807) is 19.1 Å². The van der Waals surface area contributed by atoms with E-state index < -0.39 is 17.7 Å². The fourth-order valence-corrected chi connectivity index (χ4v) is 2.90. The zero-order valence-electron chi connectivity index (χ0n) is 14.9. The van der Waals surface area contributed by atoms with Crippen molar-refractivity contribution in [2.75, 3.05) is 19.0 Å². The predicted molar refractivity (Wildman–Crippen MR) is 97.7 cm³/mol. The van der Waals surface area contributed by atoms with Crippen LogP contribution in [0.25, 0.3) is 0 Å². The molecule has 2 rings (SSSR count). The van der Waals surface area contributed by atoms with Gasteiger partial charge < -0.3 is 15.0 Å². The molecule has 0 spiro atoms. The van der Waals surface area contributed by atoms with E-state index in [2.05, 4.69) is 5.32 Å². The van der Waals surface area contributed by atoms with Crippen molar-refractivity contribution in [3.05, 3.63) is 58.6 Å². The van der Waals surface area contributed by atoms with Gasteiger partial charge in [0, 0.05) is 5.56 Å². The summed E-state index contributed by atoms with van der Waals surface area (Å²) >= 11 is 5.95. The normalized spacial score (nSPS) is 13.2. The van der Waals surface area contributed by atoms with Crippen molar-refractivity contribution in [1.82, 2.24) is 0 Å². The molecular formula is C19H22ClF2N2O2+. The topological polar surface area (TPSA) is 42.8 Å². The van der Waals surface area contributed by atoms with Crippen molar-refractivity contribution in [2.24, 2.45) is 0 Å². The van der Waals surface area contributed by atoms with Crippen LogP contribution in [0.2, 0.25) is 5.02 Å². The zero-order chi connectivity index (χ0) is 19.3. The minimum atomic E-state index is -0.469. The highest BCUT2D eigenvalue weighted by Crippen LogP contribution is 2.22. The molecule has 140 valence electrons. The van der Waals surface area contributed by atoms with Gasteiger partial charge in [-0.05, 0) is 50.2 Å². The molecule has 26 heavy (non-hydrogen) atoms. The van der Waals surface area contributed by atoms with E-state index >= 15 is 0 Å². The molecule has 0 fully saturated rings. The van der Waals surface area contributed by atoms with Crippen molar-refractivity contribution in [1.29, 1.82) is 0 Å². The lowest BCUT2D eigenvalue weighted by Gasteiger charge is -2.24. The summed E-state index contributed by atoms with van der Waals surface area (Å²) in [6, 6.07) is 8.15. The summed E-state index contributed by atoms with van der Waals surface area (Å²) in [7, 11) is 1.41. The first-order valence-electron chi connectivity index (χ1n) is 8.28. The van der Waals surface area contributed by atoms with Crippen molar-refractivity contribution in [2.45, 2.75) is 26.4 Å². The van der Waals surface area contributed by atoms with E-state index in [0.717, 1.165) is 16.5 Å². The highest BCUT2D eigenvalue weighted by atomic mass is 35.5. The number of amides is 1. The van der Waals surface area contributed by atoms with E-state index in [0.29, 0.717) is 18.8 Å². The Morgan fingerprint density at radius 2 is 2.00 bits per heavy atom. The molecule has 0 bridgehead atoms. The van der Waals surface area contributed by atoms with Crippen molar-refractivity contribution < 1.29 is 23.2 Å². The molecule has 1 amide bonds. The number of hydrogen-bond acceptors (Lipinski definition) is 2. The number of ether oxygens (including phenoxy) is 1. The third-order valence-corrected chi connectivity index (χ3v) is 4.61. The monoisotopic (exact) mass is 383 g/mol. The Balaban J connectivity index is 2.08. The number of benzene rings is 2. The maximum absolute atomic E-state index is 13.9. The van der Waals surface area contributed by atoms with Crippen LogP contribution in [0.4, 0.5) is 14.5 Å². The maximum atomic E-state index is 13.9. The van der Waals surface area contributed by atoms with Crippen LogP contribution in [0.15, 0.2) is 36.4 Å². The molecule has 2 N–H and O–H groups in total. The molecule has 4 nitrogen and oxygen atoms in total. The molecule has 7 heteroatoms. The Labute approximate surface area is 156 Å². The number of carbonyl (C=O) groups excluding carboxylic acids is 1. The quantitative estimate of drug-likeness (QED) is 0.771. The number of hydrogen-bond donors (Lipinski definition) is 2. The first kappa shape index (κ1) is 20.1. The number of methoxy groups -OCH3 is 1. The second-order valence-corrected chi connectivity index (χ2v) is 6.40. The number of anilines is 1. The Bertz CT molecular complexity index is 786. The van der Waals surface area contributed by atoms with E-state index in [1.807, 2.05) is 6.92 Å². The Morgan fingerprint density at radius 1 is 1.27 bits per heavy atom. The number of rotatable bonds is 7. The van der Waals surface area contributed by atoms with Crippen molar-refractivity contribution >= 4 is 23.2 Å². The molecule has 0 aliphatic rings. The molecule has 2 atom stereocenters. The smallest absolute Gasteiger partial charge is 0.282 e. The first-order chi connectivity index (χ1) is 12.3. The standard InChI is InChI=1S/C19H21ClF2N2O2/c1-4-24(11-13-5-8-18(26-3)16(22)9-13)12(2)19(25)23-17-7-6-14(21)10-15(17)20/h5-10,12H,4,11H2,1-3H3,(H,23,25)/p+1/t12-/m1/s1. The number of nitrogens with one attached hydrogen (secondary N) is 2. The summed E-state index contributed by atoms with van der Waals surface area (Å²) in [4.78, 5) is 13.5. The SMILES string of the molecule is CC[NH+](Cc1ccc(OC)c(F)c1)[C@H](C)C(=O)Nc1ccc(F)cc1Cl. The van der Waals surface area contributed by atoms with Crippen LogP contribution in [0.3, 0.4) is 0 Å². The van der Waals surface area contributed by atoms with E-state index in [-0.39, 0.29) is 16.7 Å². The minimum Gasteiger partial charge on any atom is -0.494 e. The van der Waals surface area contributed by atoms with Gasteiger partial charge in [-0.25, -0.2) is 8.78 Å². The molecule has 0 aromatic heterocycles. The molecule has 0 saturated heterocycles. The number of halogens is 3. The van der Waals surface area contributed by atoms with Crippen LogP contribution in [-0.4, -0.2) is 25.6 Å². The van der Waals surface area contributed by atoms with Gasteiger partial charge in [0.1, 0.15) is 12.4 Å². The second-order valence-electron chi connectivity index (χ2n) is 5.99. The molecule has 0 aliphatic carbocycles. The second kappa shape index (κ2) is 8.96. The molecule has 2 aromatic carbocycles. The molecular weight excluding hydrogens is 362 g/mol. The van der Waals surface area contributed by atoms with Gasteiger partial charge >= 0.3 is 0 Å². The molecule has 2 aromatic rings. The van der Waals surface area contributed by atoms with Crippen LogP contribution >= 0.6 is 11.6 Å². The Morgan fingerprint density at radius 3 is 2.58 bits per heavy atom. The van der Waals surface area contributed by atoms with E-state index in [9.17, 15) is 13.6 Å². The van der Waals surface area contributed by atoms with Crippen LogP contribution in [0.5, 0.6) is 5.75 Å². The molecule has 0 aliphatic heterocycles. The lowest BCUT2D eigenvalue weighted by atomic mass is 10.1. The van der Waals surface area contributed by atoms with Gasteiger partial charge in [0.2, 0.25) is 0 Å². The summed E-state index contributed by atoms with van der Waals surface area (Å²) in [6.45, 7) is 4.87. The lowest BCUT2D eigenvalue weighted by Crippen LogP contribution is -3.15. The Hall–Kier alpha value is -2.18. The van der Waals surface area contributed by atoms with Gasteiger partial charge in [0.15, 0.2) is 17.6 Å². The summed E-state index contributed by atoms with van der Waals surface area (Å²) in [5.41, 5.74) is 1.12. The van der Waals surface area contributed by atoms with Gasteiger partial charge in [0.25, 0.3) is 5.91 Å². The zero-order valence-corrected chi connectivity index (χ0v) is 15.7. The van der Waals surface area contributed by atoms with Gasteiger partial charge in [-0.2, -0.15) is 0 Å². The largest absolute Gasteiger partial charge is 0.494 e. The van der Waals surface area contributed by atoms with E-state index in [4.69, 9.17) is 16.3 Å².